The van der Waals surface area contributed by atoms with Crippen LogP contribution in [0.5, 0.6) is 0 Å². The summed E-state index contributed by atoms with van der Waals surface area (Å²) in [5, 5.41) is 9.92. The number of hydrogen-bond donors (Lipinski definition) is 1. The van der Waals surface area contributed by atoms with Crippen molar-refractivity contribution in [3.63, 3.8) is 0 Å². The first-order valence-corrected chi connectivity index (χ1v) is 8.58. The maximum atomic E-state index is 9.92. The van der Waals surface area contributed by atoms with Gasteiger partial charge in [-0.05, 0) is 44.1 Å². The predicted molar refractivity (Wildman–Crippen MR) is 89.8 cm³/mol. The minimum atomic E-state index is -0.162. The fourth-order valence-electron chi connectivity index (χ4n) is 3.42. The molecule has 0 radical (unpaired) electrons. The van der Waals surface area contributed by atoms with Crippen molar-refractivity contribution in [2.45, 2.75) is 64.0 Å². The first kappa shape index (κ1) is 15.3. The van der Waals surface area contributed by atoms with Gasteiger partial charge in [0.15, 0.2) is 0 Å². The van der Waals surface area contributed by atoms with Crippen molar-refractivity contribution in [1.82, 2.24) is 9.55 Å². The average molecular weight is 298 g/mol. The minimum Gasteiger partial charge on any atom is -0.393 e. The monoisotopic (exact) mass is 298 g/mol. The Labute approximate surface area is 133 Å². The summed E-state index contributed by atoms with van der Waals surface area (Å²) in [6.45, 7) is 2.23. The molecule has 1 aromatic carbocycles. The van der Waals surface area contributed by atoms with Gasteiger partial charge < -0.3 is 9.67 Å². The van der Waals surface area contributed by atoms with Crippen LogP contribution in [0.2, 0.25) is 0 Å². The van der Waals surface area contributed by atoms with Gasteiger partial charge in [0.25, 0.3) is 0 Å². The van der Waals surface area contributed by atoms with Gasteiger partial charge in [0.2, 0.25) is 0 Å². The lowest BCUT2D eigenvalue weighted by Crippen LogP contribution is -2.22. The van der Waals surface area contributed by atoms with Crippen LogP contribution in [0.4, 0.5) is 0 Å². The predicted octanol–water partition coefficient (Wildman–Crippen LogP) is 4.37. The molecular formula is C19H26N2O. The molecule has 2 atom stereocenters. The molecule has 1 heterocycles. The summed E-state index contributed by atoms with van der Waals surface area (Å²) in [7, 11) is 0. The molecule has 118 valence electrons. The largest absolute Gasteiger partial charge is 0.393 e. The third-order valence-electron chi connectivity index (χ3n) is 4.71. The Morgan fingerprint density at radius 1 is 1.23 bits per heavy atom. The number of imidazole rings is 1. The lowest BCUT2D eigenvalue weighted by molar-refractivity contribution is 0.104. The Morgan fingerprint density at radius 3 is 2.77 bits per heavy atom. The molecule has 0 amide bonds. The van der Waals surface area contributed by atoms with Crippen molar-refractivity contribution in [3.8, 4) is 11.4 Å². The zero-order valence-corrected chi connectivity index (χ0v) is 13.4. The van der Waals surface area contributed by atoms with Gasteiger partial charge in [0.05, 0.1) is 6.10 Å². The average Bonchev–Trinajstić information content (AvgIpc) is 3.03. The standard InChI is InChI=1S/C19H26N2O/c1-2-3-5-15-8-10-16(11-9-15)19-20-12-13-21(19)17-6-4-7-18(22)14-17/h8-13,17-18,22H,2-7,14H2,1H3/t17-,18+/m1/s1. The first-order chi connectivity index (χ1) is 10.8. The van der Waals surface area contributed by atoms with Crippen LogP contribution in [0.1, 0.15) is 57.1 Å². The molecule has 1 aromatic heterocycles. The third-order valence-corrected chi connectivity index (χ3v) is 4.71. The molecular weight excluding hydrogens is 272 g/mol. The summed E-state index contributed by atoms with van der Waals surface area (Å²) in [6, 6.07) is 9.19. The fourth-order valence-corrected chi connectivity index (χ4v) is 3.42. The summed E-state index contributed by atoms with van der Waals surface area (Å²) in [6.07, 6.45) is 11.4. The van der Waals surface area contributed by atoms with Crippen molar-refractivity contribution in [3.05, 3.63) is 42.2 Å². The second kappa shape index (κ2) is 7.10. The van der Waals surface area contributed by atoms with E-state index in [4.69, 9.17) is 0 Å². The number of aliphatic hydroxyl groups excluding tert-OH is 1. The molecule has 22 heavy (non-hydrogen) atoms. The van der Waals surface area contributed by atoms with Gasteiger partial charge in [-0.25, -0.2) is 4.98 Å². The molecule has 0 bridgehead atoms. The number of benzene rings is 1. The molecule has 1 saturated carbocycles. The summed E-state index contributed by atoms with van der Waals surface area (Å²) in [5.74, 6) is 1.03. The number of aryl methyl sites for hydroxylation is 1. The smallest absolute Gasteiger partial charge is 0.140 e. The van der Waals surface area contributed by atoms with Gasteiger partial charge in [-0.15, -0.1) is 0 Å². The lowest BCUT2D eigenvalue weighted by atomic mass is 9.92. The summed E-state index contributed by atoms with van der Waals surface area (Å²) in [4.78, 5) is 4.56. The normalized spacial score (nSPS) is 21.9. The van der Waals surface area contributed by atoms with Crippen LogP contribution in [-0.2, 0) is 6.42 Å². The van der Waals surface area contributed by atoms with E-state index in [-0.39, 0.29) is 6.10 Å². The van der Waals surface area contributed by atoms with Gasteiger partial charge in [-0.1, -0.05) is 37.6 Å². The topological polar surface area (TPSA) is 38.0 Å². The van der Waals surface area contributed by atoms with E-state index in [9.17, 15) is 5.11 Å². The Morgan fingerprint density at radius 2 is 2.05 bits per heavy atom. The van der Waals surface area contributed by atoms with Crippen molar-refractivity contribution in [2.75, 3.05) is 0 Å². The van der Waals surface area contributed by atoms with Crippen LogP contribution >= 0.6 is 0 Å². The van der Waals surface area contributed by atoms with Crippen molar-refractivity contribution in [2.24, 2.45) is 0 Å². The number of aromatic nitrogens is 2. The van der Waals surface area contributed by atoms with Crippen LogP contribution in [0.3, 0.4) is 0 Å². The van der Waals surface area contributed by atoms with Gasteiger partial charge in [-0.2, -0.15) is 0 Å². The molecule has 3 rings (SSSR count). The Balaban J connectivity index is 1.79. The number of hydrogen-bond acceptors (Lipinski definition) is 2. The molecule has 3 nitrogen and oxygen atoms in total. The summed E-state index contributed by atoms with van der Waals surface area (Å²) < 4.78 is 2.25. The quantitative estimate of drug-likeness (QED) is 0.890. The maximum absolute atomic E-state index is 9.92. The Bertz CT molecular complexity index is 588. The van der Waals surface area contributed by atoms with E-state index in [1.54, 1.807) is 0 Å². The number of nitrogens with zero attached hydrogens (tertiary/aromatic N) is 2. The van der Waals surface area contributed by atoms with Gasteiger partial charge in [0.1, 0.15) is 5.82 Å². The molecule has 1 fully saturated rings. The van der Waals surface area contributed by atoms with E-state index < -0.39 is 0 Å². The van der Waals surface area contributed by atoms with Crippen molar-refractivity contribution < 1.29 is 5.11 Å². The zero-order valence-electron chi connectivity index (χ0n) is 13.4. The number of aliphatic hydroxyl groups is 1. The molecule has 1 N–H and O–H groups in total. The van der Waals surface area contributed by atoms with E-state index in [0.717, 1.165) is 37.9 Å². The van der Waals surface area contributed by atoms with Crippen molar-refractivity contribution in [1.29, 1.82) is 0 Å². The molecule has 0 saturated heterocycles. The summed E-state index contributed by atoms with van der Waals surface area (Å²) in [5.41, 5.74) is 2.57. The highest BCUT2D eigenvalue weighted by Gasteiger charge is 2.23. The van der Waals surface area contributed by atoms with E-state index >= 15 is 0 Å². The molecule has 1 aliphatic rings. The number of rotatable bonds is 5. The van der Waals surface area contributed by atoms with Crippen molar-refractivity contribution >= 4 is 0 Å². The van der Waals surface area contributed by atoms with E-state index in [1.165, 1.54) is 24.0 Å². The van der Waals surface area contributed by atoms with Crippen LogP contribution in [0.25, 0.3) is 11.4 Å². The highest BCUT2D eigenvalue weighted by atomic mass is 16.3. The van der Waals surface area contributed by atoms with Crippen LogP contribution < -0.4 is 0 Å². The minimum absolute atomic E-state index is 0.162. The van der Waals surface area contributed by atoms with Crippen LogP contribution in [0.15, 0.2) is 36.7 Å². The Kier molecular flexibility index (Phi) is 4.94. The second-order valence-electron chi connectivity index (χ2n) is 6.43. The van der Waals surface area contributed by atoms with Crippen LogP contribution in [0, 0.1) is 0 Å². The molecule has 3 heteroatoms. The first-order valence-electron chi connectivity index (χ1n) is 8.58. The van der Waals surface area contributed by atoms with Gasteiger partial charge in [0, 0.05) is 24.0 Å². The zero-order chi connectivity index (χ0) is 15.4. The lowest BCUT2D eigenvalue weighted by Gasteiger charge is -2.28. The Hall–Kier alpha value is -1.61. The molecule has 0 unspecified atom stereocenters. The van der Waals surface area contributed by atoms with Crippen LogP contribution in [-0.4, -0.2) is 20.8 Å². The SMILES string of the molecule is CCCCc1ccc(-c2nccn2[C@@H]2CCC[C@H](O)C2)cc1. The second-order valence-corrected chi connectivity index (χ2v) is 6.43. The van der Waals surface area contributed by atoms with Gasteiger partial charge >= 0.3 is 0 Å². The molecule has 2 aromatic rings. The molecule has 1 aliphatic carbocycles. The fraction of sp³-hybridized carbons (Fsp3) is 0.526. The van der Waals surface area contributed by atoms with E-state index in [0.29, 0.717) is 6.04 Å². The highest BCUT2D eigenvalue weighted by molar-refractivity contribution is 5.56. The third kappa shape index (κ3) is 3.41. The number of unbranched alkanes of at least 4 members (excludes halogenated alkanes) is 1. The van der Waals surface area contributed by atoms with Gasteiger partial charge in [-0.3, -0.25) is 0 Å². The highest BCUT2D eigenvalue weighted by Crippen LogP contribution is 2.32. The van der Waals surface area contributed by atoms with E-state index in [1.807, 2.05) is 6.20 Å². The van der Waals surface area contributed by atoms with E-state index in [2.05, 4.69) is 46.9 Å². The summed E-state index contributed by atoms with van der Waals surface area (Å²) >= 11 is 0. The molecule has 0 spiro atoms. The maximum Gasteiger partial charge on any atom is 0.140 e. The molecule has 0 aliphatic heterocycles.